The number of imidazole rings is 1. The summed E-state index contributed by atoms with van der Waals surface area (Å²) in [5.41, 5.74) is 10.5. The quantitative estimate of drug-likeness (QED) is 0.478. The fraction of sp³-hybridized carbons (Fsp3) is 0.136. The van der Waals surface area contributed by atoms with Gasteiger partial charge in [-0.25, -0.2) is 9.13 Å². The topological polar surface area (TPSA) is 55.1 Å². The van der Waals surface area contributed by atoms with Gasteiger partial charge in [0.25, 0.3) is 0 Å². The number of fused-ring (bicyclic) bond motifs is 1. The molecule has 0 aliphatic rings. The molecule has 1 atom stereocenters. The van der Waals surface area contributed by atoms with Gasteiger partial charge in [-0.05, 0) is 35.4 Å². The van der Waals surface area contributed by atoms with Crippen LogP contribution in [-0.4, -0.2) is 9.67 Å². The van der Waals surface area contributed by atoms with Crippen LogP contribution in [-0.2, 0) is 13.1 Å². The minimum absolute atomic E-state index is 0. The summed E-state index contributed by atoms with van der Waals surface area (Å²) in [4.78, 5) is 0. The molecular formula is C22H21Cl2N3O. The van der Waals surface area contributed by atoms with E-state index in [1.54, 1.807) is 12.1 Å². The van der Waals surface area contributed by atoms with Crippen molar-refractivity contribution in [3.63, 3.8) is 0 Å². The smallest absolute Gasteiger partial charge is 0.356 e. The second kappa shape index (κ2) is 8.65. The molecule has 4 nitrogen and oxygen atoms in total. The summed E-state index contributed by atoms with van der Waals surface area (Å²) in [6.07, 6.45) is -0.675. The van der Waals surface area contributed by atoms with Crippen LogP contribution in [0.4, 0.5) is 5.95 Å². The van der Waals surface area contributed by atoms with Gasteiger partial charge in [-0.2, -0.15) is 0 Å². The maximum atomic E-state index is 10.7. The number of para-hydroxylation sites is 2. The number of aromatic nitrogens is 2. The number of nitrogens with zero attached hydrogens (tertiary/aromatic N) is 2. The molecule has 4 aromatic rings. The summed E-state index contributed by atoms with van der Waals surface area (Å²) in [7, 11) is 0. The molecule has 0 spiro atoms. The van der Waals surface area contributed by atoms with E-state index >= 15 is 0 Å². The van der Waals surface area contributed by atoms with E-state index in [-0.39, 0.29) is 12.4 Å². The molecule has 0 aliphatic heterocycles. The van der Waals surface area contributed by atoms with E-state index in [0.29, 0.717) is 24.1 Å². The number of aliphatic hydroxyl groups excluding tert-OH is 1. The van der Waals surface area contributed by atoms with Crippen molar-refractivity contribution in [1.82, 2.24) is 4.57 Å². The van der Waals surface area contributed by atoms with Crippen LogP contribution < -0.4 is 22.7 Å². The van der Waals surface area contributed by atoms with Gasteiger partial charge in [-0.1, -0.05) is 66.2 Å². The van der Waals surface area contributed by atoms with E-state index in [2.05, 4.69) is 22.8 Å². The Morgan fingerprint density at radius 2 is 1.57 bits per heavy atom. The maximum Gasteiger partial charge on any atom is 0.356 e. The van der Waals surface area contributed by atoms with Gasteiger partial charge in [0.15, 0.2) is 0 Å². The molecule has 3 aromatic carbocycles. The summed E-state index contributed by atoms with van der Waals surface area (Å²) in [6.45, 7) is 1.05. The Labute approximate surface area is 175 Å². The minimum Gasteiger partial charge on any atom is -1.00 e. The van der Waals surface area contributed by atoms with E-state index in [1.807, 2.05) is 53.1 Å². The predicted molar refractivity (Wildman–Crippen MR) is 109 cm³/mol. The van der Waals surface area contributed by atoms with Crippen LogP contribution in [0.2, 0.25) is 5.02 Å². The highest BCUT2D eigenvalue weighted by Gasteiger charge is 2.23. The van der Waals surface area contributed by atoms with Crippen molar-refractivity contribution < 1.29 is 22.1 Å². The van der Waals surface area contributed by atoms with Crippen LogP contribution in [0, 0.1) is 0 Å². The zero-order chi connectivity index (χ0) is 18.8. The van der Waals surface area contributed by atoms with Crippen molar-refractivity contribution in [2.24, 2.45) is 0 Å². The first-order chi connectivity index (χ1) is 13.1. The van der Waals surface area contributed by atoms with Gasteiger partial charge < -0.3 is 17.5 Å². The Kier molecular flexibility index (Phi) is 6.25. The highest BCUT2D eigenvalue weighted by atomic mass is 35.5. The molecule has 28 heavy (non-hydrogen) atoms. The average molecular weight is 414 g/mol. The fourth-order valence-electron chi connectivity index (χ4n) is 3.40. The molecule has 1 unspecified atom stereocenters. The molecule has 144 valence electrons. The molecule has 0 bridgehead atoms. The van der Waals surface area contributed by atoms with E-state index in [1.165, 1.54) is 5.56 Å². The number of anilines is 1. The van der Waals surface area contributed by atoms with Gasteiger partial charge >= 0.3 is 5.95 Å². The fourth-order valence-corrected chi connectivity index (χ4v) is 3.53. The highest BCUT2D eigenvalue weighted by Crippen LogP contribution is 2.23. The van der Waals surface area contributed by atoms with E-state index in [0.717, 1.165) is 16.6 Å². The molecule has 0 saturated carbocycles. The molecule has 3 N–H and O–H groups in total. The number of halogens is 2. The van der Waals surface area contributed by atoms with Gasteiger partial charge in [-0.15, -0.1) is 0 Å². The Hall–Kier alpha value is -2.53. The first-order valence-electron chi connectivity index (χ1n) is 8.87. The molecule has 1 heterocycles. The second-order valence-electron chi connectivity index (χ2n) is 6.60. The zero-order valence-electron chi connectivity index (χ0n) is 15.2. The largest absolute Gasteiger partial charge is 1.00 e. The van der Waals surface area contributed by atoms with Crippen LogP contribution in [0.5, 0.6) is 0 Å². The number of hydrogen-bond acceptors (Lipinski definition) is 2. The predicted octanol–water partition coefficient (Wildman–Crippen LogP) is 0.950. The number of hydrogen-bond donors (Lipinski definition) is 2. The number of benzene rings is 3. The summed E-state index contributed by atoms with van der Waals surface area (Å²) >= 11 is 5.95. The lowest BCUT2D eigenvalue weighted by molar-refractivity contribution is -0.648. The van der Waals surface area contributed by atoms with Crippen molar-refractivity contribution >= 4 is 28.6 Å². The van der Waals surface area contributed by atoms with Crippen molar-refractivity contribution in [1.29, 1.82) is 0 Å². The maximum absolute atomic E-state index is 10.7. The summed E-state index contributed by atoms with van der Waals surface area (Å²) in [6, 6.07) is 25.5. The lowest BCUT2D eigenvalue weighted by atomic mass is 10.1. The number of nitrogen functional groups attached to an aromatic ring is 1. The Balaban J connectivity index is 0.00000225. The molecule has 0 amide bonds. The van der Waals surface area contributed by atoms with E-state index < -0.39 is 6.10 Å². The molecular weight excluding hydrogens is 393 g/mol. The molecule has 0 fully saturated rings. The zero-order valence-corrected chi connectivity index (χ0v) is 16.7. The third-order valence-corrected chi connectivity index (χ3v) is 5.06. The van der Waals surface area contributed by atoms with Gasteiger partial charge in [0, 0.05) is 5.02 Å². The average Bonchev–Trinajstić information content (AvgIpc) is 2.95. The lowest BCUT2D eigenvalue weighted by Gasteiger charge is -2.11. The third kappa shape index (κ3) is 3.99. The monoisotopic (exact) mass is 413 g/mol. The van der Waals surface area contributed by atoms with E-state index in [9.17, 15) is 5.11 Å². The van der Waals surface area contributed by atoms with Gasteiger partial charge in [-0.3, -0.25) is 5.73 Å². The van der Waals surface area contributed by atoms with Crippen molar-refractivity contribution in [3.05, 3.63) is 95.0 Å². The number of nitrogens with two attached hydrogens (primary N) is 1. The van der Waals surface area contributed by atoms with Gasteiger partial charge in [0.1, 0.15) is 23.7 Å². The Morgan fingerprint density at radius 3 is 2.29 bits per heavy atom. The van der Waals surface area contributed by atoms with Crippen molar-refractivity contribution in [3.8, 4) is 0 Å². The van der Waals surface area contributed by atoms with Crippen LogP contribution >= 0.6 is 11.6 Å². The van der Waals surface area contributed by atoms with Crippen LogP contribution in [0.1, 0.15) is 17.2 Å². The second-order valence-corrected chi connectivity index (χ2v) is 7.03. The van der Waals surface area contributed by atoms with Crippen molar-refractivity contribution in [2.45, 2.75) is 19.2 Å². The van der Waals surface area contributed by atoms with Crippen LogP contribution in [0.25, 0.3) is 11.0 Å². The molecule has 1 aromatic heterocycles. The SMILES string of the molecule is Nc1n(CC(O)c2ccc(Cl)cc2)c2ccccc2[n+]1Cc1ccccc1.[Cl-]. The standard InChI is InChI=1S/C22H20ClN3O.ClH/c23-18-12-10-17(11-13-18)21(27)15-26-20-9-5-4-8-19(20)25(22(26)24)14-16-6-2-1-3-7-16;/h1-13,21,24,27H,14-15H2;1H. The molecule has 4 rings (SSSR count). The normalized spacial score (nSPS) is 11.9. The Bertz CT molecular complexity index is 1060. The number of rotatable bonds is 5. The summed E-state index contributed by atoms with van der Waals surface area (Å²) in [5.74, 6) is 0.619. The van der Waals surface area contributed by atoms with E-state index in [4.69, 9.17) is 17.3 Å². The first kappa shape index (κ1) is 20.2. The third-order valence-electron chi connectivity index (χ3n) is 4.81. The highest BCUT2D eigenvalue weighted by molar-refractivity contribution is 6.30. The molecule has 0 aliphatic carbocycles. The van der Waals surface area contributed by atoms with Crippen molar-refractivity contribution in [2.75, 3.05) is 5.73 Å². The van der Waals surface area contributed by atoms with Crippen LogP contribution in [0.15, 0.2) is 78.9 Å². The van der Waals surface area contributed by atoms with Gasteiger partial charge in [0.05, 0.1) is 6.54 Å². The van der Waals surface area contributed by atoms with Crippen LogP contribution in [0.3, 0.4) is 0 Å². The molecule has 0 radical (unpaired) electrons. The summed E-state index contributed by atoms with van der Waals surface area (Å²) < 4.78 is 4.05. The summed E-state index contributed by atoms with van der Waals surface area (Å²) in [5, 5.41) is 11.4. The number of aliphatic hydroxyl groups is 1. The first-order valence-corrected chi connectivity index (χ1v) is 9.25. The minimum atomic E-state index is -0.675. The molecule has 6 heteroatoms. The van der Waals surface area contributed by atoms with Gasteiger partial charge in [0.2, 0.25) is 0 Å². The lowest BCUT2D eigenvalue weighted by Crippen LogP contribution is -3.00. The molecule has 0 saturated heterocycles. The Morgan fingerprint density at radius 1 is 0.929 bits per heavy atom.